The van der Waals surface area contributed by atoms with Crippen LogP contribution in [0.2, 0.25) is 0 Å². The Labute approximate surface area is 137 Å². The van der Waals surface area contributed by atoms with E-state index in [9.17, 15) is 0 Å². The number of hydrogen-bond acceptors (Lipinski definition) is 4. The van der Waals surface area contributed by atoms with Gasteiger partial charge in [0.05, 0.1) is 0 Å². The molecule has 104 valence electrons. The van der Waals surface area contributed by atoms with Crippen LogP contribution >= 0.6 is 22.7 Å². The molecule has 0 saturated heterocycles. The first-order valence-corrected chi connectivity index (χ1v) is 9.78. The quantitative estimate of drug-likeness (QED) is 0.472. The summed E-state index contributed by atoms with van der Waals surface area (Å²) >= 11 is 3.63. The van der Waals surface area contributed by atoms with Crippen LogP contribution in [0.1, 0.15) is 9.75 Å². The van der Waals surface area contributed by atoms with E-state index in [1.54, 1.807) is 0 Å². The molecule has 0 aliphatic heterocycles. The van der Waals surface area contributed by atoms with E-state index in [4.69, 9.17) is 0 Å². The predicted molar refractivity (Wildman–Crippen MR) is 92.6 cm³/mol. The topological polar surface area (TPSA) is 25.8 Å². The molecule has 0 bridgehead atoms. The van der Waals surface area contributed by atoms with Gasteiger partial charge in [-0.1, -0.05) is 0 Å². The Morgan fingerprint density at radius 2 is 1.19 bits per heavy atom. The van der Waals surface area contributed by atoms with Crippen molar-refractivity contribution < 1.29 is 0 Å². The second-order valence-electron chi connectivity index (χ2n) is 4.94. The number of aromatic nitrogens is 2. The van der Waals surface area contributed by atoms with Gasteiger partial charge in [0.15, 0.2) is 0 Å². The zero-order valence-corrected chi connectivity index (χ0v) is 14.9. The molecular weight excluding hydrogens is 363 g/mol. The van der Waals surface area contributed by atoms with Crippen molar-refractivity contribution in [2.24, 2.45) is 0 Å². The van der Waals surface area contributed by atoms with Gasteiger partial charge < -0.3 is 0 Å². The van der Waals surface area contributed by atoms with Crippen LogP contribution in [-0.4, -0.2) is 22.9 Å². The van der Waals surface area contributed by atoms with E-state index in [-0.39, 0.29) is 15.0 Å². The van der Waals surface area contributed by atoms with Gasteiger partial charge in [-0.3, -0.25) is 0 Å². The van der Waals surface area contributed by atoms with Crippen molar-refractivity contribution >= 4 is 48.7 Å². The van der Waals surface area contributed by atoms with E-state index in [1.807, 2.05) is 22.7 Å². The number of nitrogens with zero attached hydrogens (tertiary/aromatic N) is 2. The summed E-state index contributed by atoms with van der Waals surface area (Å²) in [5, 5.41) is 0. The fourth-order valence-corrected chi connectivity index (χ4v) is 5.41. The molecule has 4 aromatic rings. The van der Waals surface area contributed by atoms with Crippen molar-refractivity contribution in [2.75, 3.05) is 0 Å². The monoisotopic (exact) mass is 376 g/mol. The van der Waals surface area contributed by atoms with Gasteiger partial charge >= 0.3 is 138 Å². The molecule has 0 aliphatic rings. The van der Waals surface area contributed by atoms with Crippen LogP contribution in [0.5, 0.6) is 0 Å². The number of aryl methyl sites for hydroxylation is 2. The van der Waals surface area contributed by atoms with Crippen molar-refractivity contribution in [2.45, 2.75) is 13.8 Å². The first kappa shape index (κ1) is 13.4. The van der Waals surface area contributed by atoms with Crippen molar-refractivity contribution in [3.63, 3.8) is 0 Å². The summed E-state index contributed by atoms with van der Waals surface area (Å²) in [6.45, 7) is 4.28. The maximum absolute atomic E-state index is 4.68. The van der Waals surface area contributed by atoms with Crippen LogP contribution in [0.3, 0.4) is 0 Å². The summed E-state index contributed by atoms with van der Waals surface area (Å²) in [5.74, 6) is 0. The van der Waals surface area contributed by atoms with Crippen LogP contribution in [0.25, 0.3) is 31.9 Å². The molecule has 2 nitrogen and oxygen atoms in total. The molecule has 3 aromatic heterocycles. The molecule has 3 heterocycles. The van der Waals surface area contributed by atoms with Crippen LogP contribution < -0.4 is 0 Å². The van der Waals surface area contributed by atoms with E-state index in [1.165, 1.54) is 30.6 Å². The zero-order chi connectivity index (χ0) is 14.4. The Hall–Kier alpha value is -1.26. The Balaban J connectivity index is 1.96. The van der Waals surface area contributed by atoms with Gasteiger partial charge in [0.25, 0.3) is 0 Å². The minimum atomic E-state index is -0.00814. The number of rotatable bonds is 2. The van der Waals surface area contributed by atoms with E-state index >= 15 is 0 Å². The van der Waals surface area contributed by atoms with Gasteiger partial charge in [0, 0.05) is 0 Å². The average Bonchev–Trinajstić information content (AvgIpc) is 3.18. The standard InChI is InChI=1S/C16H12N2S2Se/c1-9-3-7-13(19-9)11-5-6-12(14-8-4-10(2)20-14)16-15(11)17-21-18-16/h3-8H,1-2H3. The third kappa shape index (κ3) is 2.30. The molecule has 0 unspecified atom stereocenters. The summed E-state index contributed by atoms with van der Waals surface area (Å²) in [6, 6.07) is 13.1. The molecule has 0 aliphatic carbocycles. The second-order valence-corrected chi connectivity index (χ2v) is 8.63. The van der Waals surface area contributed by atoms with Gasteiger partial charge in [-0.15, -0.1) is 0 Å². The van der Waals surface area contributed by atoms with Crippen LogP contribution in [-0.2, 0) is 0 Å². The Morgan fingerprint density at radius 3 is 1.57 bits per heavy atom. The van der Waals surface area contributed by atoms with Crippen molar-refractivity contribution in [1.82, 2.24) is 7.96 Å². The van der Waals surface area contributed by atoms with E-state index in [0.717, 1.165) is 11.0 Å². The fourth-order valence-electron chi connectivity index (χ4n) is 2.42. The summed E-state index contributed by atoms with van der Waals surface area (Å²) in [4.78, 5) is 5.23. The number of fused-ring (bicyclic) bond motifs is 1. The molecule has 1 aromatic carbocycles. The molecule has 21 heavy (non-hydrogen) atoms. The predicted octanol–water partition coefficient (Wildman–Crippen LogP) is 4.76. The molecule has 0 atom stereocenters. The molecular formula is C16H12N2S2Se. The molecule has 0 saturated carbocycles. The molecule has 0 fully saturated rings. The average molecular weight is 375 g/mol. The molecule has 5 heteroatoms. The van der Waals surface area contributed by atoms with Crippen molar-refractivity contribution in [1.29, 1.82) is 0 Å². The normalized spacial score (nSPS) is 11.3. The van der Waals surface area contributed by atoms with Gasteiger partial charge in [0.2, 0.25) is 0 Å². The Bertz CT molecular complexity index is 858. The zero-order valence-electron chi connectivity index (χ0n) is 11.6. The number of hydrogen-bond donors (Lipinski definition) is 0. The summed E-state index contributed by atoms with van der Waals surface area (Å²) in [6.07, 6.45) is 0. The molecule has 0 amide bonds. The molecule has 0 radical (unpaired) electrons. The van der Waals surface area contributed by atoms with E-state index in [0.29, 0.717) is 0 Å². The number of thiophene rings is 2. The summed E-state index contributed by atoms with van der Waals surface area (Å²) < 4.78 is 9.37. The number of benzene rings is 1. The minimum absolute atomic E-state index is 0.00814. The summed E-state index contributed by atoms with van der Waals surface area (Å²) in [7, 11) is 0. The molecule has 0 spiro atoms. The van der Waals surface area contributed by atoms with Crippen LogP contribution in [0, 0.1) is 13.8 Å². The molecule has 4 rings (SSSR count). The van der Waals surface area contributed by atoms with E-state index < -0.39 is 0 Å². The van der Waals surface area contributed by atoms with Gasteiger partial charge in [-0.25, -0.2) is 0 Å². The first-order valence-electron chi connectivity index (χ1n) is 6.61. The second kappa shape index (κ2) is 5.18. The van der Waals surface area contributed by atoms with Gasteiger partial charge in [-0.05, 0) is 0 Å². The Kier molecular flexibility index (Phi) is 3.31. The first-order chi connectivity index (χ1) is 10.2. The van der Waals surface area contributed by atoms with Gasteiger partial charge in [0.1, 0.15) is 0 Å². The third-order valence-corrected chi connectivity index (χ3v) is 6.60. The van der Waals surface area contributed by atoms with E-state index in [2.05, 4.69) is 58.2 Å². The Morgan fingerprint density at radius 1 is 0.714 bits per heavy atom. The maximum atomic E-state index is 4.68. The fraction of sp³-hybridized carbons (Fsp3) is 0.125. The molecule has 0 N–H and O–H groups in total. The van der Waals surface area contributed by atoms with Crippen molar-refractivity contribution in [3.8, 4) is 20.9 Å². The van der Waals surface area contributed by atoms with Crippen LogP contribution in [0.4, 0.5) is 0 Å². The third-order valence-electron chi connectivity index (χ3n) is 3.43. The van der Waals surface area contributed by atoms with Gasteiger partial charge in [-0.2, -0.15) is 0 Å². The summed E-state index contributed by atoms with van der Waals surface area (Å²) in [5.41, 5.74) is 4.62. The van der Waals surface area contributed by atoms with Crippen molar-refractivity contribution in [3.05, 3.63) is 46.2 Å². The SMILES string of the molecule is Cc1ccc(-c2ccc(-c3ccc(C)s3)c3n[se]nc23)s1. The van der Waals surface area contributed by atoms with Crippen LogP contribution in [0.15, 0.2) is 36.4 Å².